The first-order chi connectivity index (χ1) is 10.4. The number of hydrogen-bond donors (Lipinski definition) is 2. The van der Waals surface area contributed by atoms with Crippen molar-refractivity contribution in [2.45, 2.75) is 44.9 Å². The topological polar surface area (TPSA) is 70.0 Å². The van der Waals surface area contributed by atoms with Gasteiger partial charge in [0.15, 0.2) is 0 Å². The summed E-state index contributed by atoms with van der Waals surface area (Å²) in [6.45, 7) is 1.39. The molecule has 1 aliphatic carbocycles. The van der Waals surface area contributed by atoms with Crippen LogP contribution in [0.1, 0.15) is 56.1 Å². The number of halogens is 1. The molecule has 0 radical (unpaired) electrons. The molecule has 0 bridgehead atoms. The molecule has 0 aliphatic heterocycles. The maximum absolute atomic E-state index is 11.7. The van der Waals surface area contributed by atoms with Gasteiger partial charge in [0.25, 0.3) is 10.0 Å². The Morgan fingerprint density at radius 2 is 2.00 bits per heavy atom. The second-order valence-electron chi connectivity index (χ2n) is 5.69. The molecule has 1 fully saturated rings. The van der Waals surface area contributed by atoms with Gasteiger partial charge in [0, 0.05) is 4.47 Å². The Balaban J connectivity index is 2.14. The fourth-order valence-electron chi connectivity index (χ4n) is 2.81. The monoisotopic (exact) mass is 384 g/mol. The van der Waals surface area contributed by atoms with Crippen LogP contribution in [0.5, 0.6) is 0 Å². The van der Waals surface area contributed by atoms with Gasteiger partial charge >= 0.3 is 0 Å². The van der Waals surface area contributed by atoms with Crippen LogP contribution in [0.2, 0.25) is 0 Å². The number of amidine groups is 1. The highest BCUT2D eigenvalue weighted by atomic mass is 79.9. The molecule has 22 heavy (non-hydrogen) atoms. The number of sulfonamides is 1. The van der Waals surface area contributed by atoms with Crippen molar-refractivity contribution in [2.24, 2.45) is 0 Å². The number of hydrogen-bond acceptors (Lipinski definition) is 3. The maximum Gasteiger partial charge on any atom is 0.255 e. The second-order valence-corrected chi connectivity index (χ2v) is 8.11. The van der Waals surface area contributed by atoms with Gasteiger partial charge in [-0.3, -0.25) is 10.1 Å². The van der Waals surface area contributed by atoms with Crippen molar-refractivity contribution in [1.82, 2.24) is 4.72 Å². The van der Waals surface area contributed by atoms with Crippen LogP contribution < -0.4 is 4.72 Å². The molecule has 4 nitrogen and oxygen atoms in total. The Hall–Kier alpha value is -1.14. The zero-order valence-corrected chi connectivity index (χ0v) is 15.0. The predicted octanol–water partition coefficient (Wildman–Crippen LogP) is 4.38. The first kappa shape index (κ1) is 17.2. The standard InChI is InChI=1S/C16H21BrN2O2S/c1-12(18)19-22(20,21)10-9-13-7-8-15(16(17)11-13)14-5-3-2-4-6-14/h7-11,14H,2-6H2,1H3,(H2,18,19). The van der Waals surface area contributed by atoms with Gasteiger partial charge < -0.3 is 0 Å². The molecule has 0 spiro atoms. The third kappa shape index (κ3) is 4.95. The Morgan fingerprint density at radius 3 is 2.59 bits per heavy atom. The van der Waals surface area contributed by atoms with E-state index in [4.69, 9.17) is 5.41 Å². The molecule has 6 heteroatoms. The van der Waals surface area contributed by atoms with E-state index in [9.17, 15) is 8.42 Å². The zero-order chi connectivity index (χ0) is 16.2. The largest absolute Gasteiger partial charge is 0.288 e. The van der Waals surface area contributed by atoms with E-state index in [1.165, 1.54) is 44.6 Å². The summed E-state index contributed by atoms with van der Waals surface area (Å²) in [4.78, 5) is 0. The molecule has 0 heterocycles. The summed E-state index contributed by atoms with van der Waals surface area (Å²) in [6, 6.07) is 5.98. The lowest BCUT2D eigenvalue weighted by molar-refractivity contribution is 0.442. The Morgan fingerprint density at radius 1 is 1.32 bits per heavy atom. The third-order valence-corrected chi connectivity index (χ3v) is 5.58. The zero-order valence-electron chi connectivity index (χ0n) is 12.6. The fourth-order valence-corrected chi connectivity index (χ4v) is 4.36. The van der Waals surface area contributed by atoms with Crippen molar-refractivity contribution in [3.63, 3.8) is 0 Å². The summed E-state index contributed by atoms with van der Waals surface area (Å²) in [5.74, 6) is 0.505. The van der Waals surface area contributed by atoms with Crippen molar-refractivity contribution in [2.75, 3.05) is 0 Å². The normalized spacial score (nSPS) is 16.8. The van der Waals surface area contributed by atoms with E-state index in [0.29, 0.717) is 5.92 Å². The van der Waals surface area contributed by atoms with Gasteiger partial charge in [-0.05, 0) is 49.0 Å². The van der Waals surface area contributed by atoms with Crippen LogP contribution in [0, 0.1) is 5.41 Å². The van der Waals surface area contributed by atoms with Gasteiger partial charge in [-0.15, -0.1) is 0 Å². The summed E-state index contributed by atoms with van der Waals surface area (Å²) in [6.07, 6.45) is 7.89. The van der Waals surface area contributed by atoms with E-state index in [-0.39, 0.29) is 5.84 Å². The molecule has 2 N–H and O–H groups in total. The SMILES string of the molecule is CC(=N)NS(=O)(=O)C=Cc1ccc(C2CCCCC2)c(Br)c1. The van der Waals surface area contributed by atoms with Crippen molar-refractivity contribution < 1.29 is 8.42 Å². The minimum Gasteiger partial charge on any atom is -0.288 e. The van der Waals surface area contributed by atoms with Crippen LogP contribution in [0.25, 0.3) is 6.08 Å². The molecule has 1 aromatic rings. The smallest absolute Gasteiger partial charge is 0.255 e. The van der Waals surface area contributed by atoms with E-state index >= 15 is 0 Å². The molecule has 0 aromatic heterocycles. The lowest BCUT2D eigenvalue weighted by Crippen LogP contribution is -2.25. The molecule has 120 valence electrons. The summed E-state index contributed by atoms with van der Waals surface area (Å²) in [5.41, 5.74) is 2.13. The Labute approximate surface area is 140 Å². The van der Waals surface area contributed by atoms with Crippen LogP contribution in [0.4, 0.5) is 0 Å². The molecular formula is C16H21BrN2O2S. The highest BCUT2D eigenvalue weighted by Gasteiger charge is 2.17. The average molecular weight is 385 g/mol. The van der Waals surface area contributed by atoms with Gasteiger partial charge in [0.1, 0.15) is 5.84 Å². The lowest BCUT2D eigenvalue weighted by Gasteiger charge is -2.23. The number of nitrogens with one attached hydrogen (secondary N) is 2. The third-order valence-electron chi connectivity index (χ3n) is 3.80. The number of benzene rings is 1. The van der Waals surface area contributed by atoms with Gasteiger partial charge in [0.05, 0.1) is 5.41 Å². The average Bonchev–Trinajstić information content (AvgIpc) is 2.45. The van der Waals surface area contributed by atoms with E-state index in [0.717, 1.165) is 15.4 Å². The summed E-state index contributed by atoms with van der Waals surface area (Å²) < 4.78 is 26.5. The molecule has 0 atom stereocenters. The van der Waals surface area contributed by atoms with Crippen molar-refractivity contribution in [1.29, 1.82) is 5.41 Å². The summed E-state index contributed by atoms with van der Waals surface area (Å²) >= 11 is 3.61. The Kier molecular flexibility index (Phi) is 5.81. The van der Waals surface area contributed by atoms with E-state index < -0.39 is 10.0 Å². The van der Waals surface area contributed by atoms with Gasteiger partial charge in [-0.2, -0.15) is 0 Å². The molecule has 1 aromatic carbocycles. The first-order valence-electron chi connectivity index (χ1n) is 7.43. The molecule has 0 unspecified atom stereocenters. The van der Waals surface area contributed by atoms with Crippen LogP contribution in [0.15, 0.2) is 28.1 Å². The fraction of sp³-hybridized carbons (Fsp3) is 0.438. The van der Waals surface area contributed by atoms with E-state index in [2.05, 4.69) is 26.7 Å². The van der Waals surface area contributed by atoms with E-state index in [1.54, 1.807) is 6.08 Å². The van der Waals surface area contributed by atoms with Crippen molar-refractivity contribution >= 4 is 37.9 Å². The van der Waals surface area contributed by atoms with Gasteiger partial charge in [0.2, 0.25) is 0 Å². The minimum absolute atomic E-state index is 0.0986. The second kappa shape index (κ2) is 7.42. The van der Waals surface area contributed by atoms with Crippen molar-refractivity contribution in [3.05, 3.63) is 39.2 Å². The van der Waals surface area contributed by atoms with Crippen LogP contribution in [-0.4, -0.2) is 14.3 Å². The van der Waals surface area contributed by atoms with E-state index in [1.807, 2.05) is 12.1 Å². The van der Waals surface area contributed by atoms with Crippen LogP contribution in [0.3, 0.4) is 0 Å². The van der Waals surface area contributed by atoms with Gasteiger partial charge in [-0.1, -0.05) is 47.3 Å². The first-order valence-corrected chi connectivity index (χ1v) is 9.77. The summed E-state index contributed by atoms with van der Waals surface area (Å²) in [7, 11) is -3.59. The molecule has 0 saturated heterocycles. The van der Waals surface area contributed by atoms with Crippen LogP contribution >= 0.6 is 15.9 Å². The molecule has 0 amide bonds. The predicted molar refractivity (Wildman–Crippen MR) is 94.5 cm³/mol. The Bertz CT molecular complexity index is 677. The molecule has 1 saturated carbocycles. The summed E-state index contributed by atoms with van der Waals surface area (Å²) in [5, 5.41) is 8.27. The van der Waals surface area contributed by atoms with Gasteiger partial charge in [-0.25, -0.2) is 8.42 Å². The highest BCUT2D eigenvalue weighted by Crippen LogP contribution is 2.36. The molecule has 2 rings (SSSR count). The highest BCUT2D eigenvalue weighted by molar-refractivity contribution is 9.10. The molecule has 1 aliphatic rings. The van der Waals surface area contributed by atoms with Crippen molar-refractivity contribution in [3.8, 4) is 0 Å². The lowest BCUT2D eigenvalue weighted by atomic mass is 9.84. The quantitative estimate of drug-likeness (QED) is 0.596. The molecular weight excluding hydrogens is 364 g/mol. The maximum atomic E-state index is 11.7. The minimum atomic E-state index is -3.59. The van der Waals surface area contributed by atoms with Crippen LogP contribution in [-0.2, 0) is 10.0 Å². The number of rotatable bonds is 4.